The van der Waals surface area contributed by atoms with E-state index >= 15 is 0 Å². The SMILES string of the molecule is C=Cc1ccc(CC[Si](OC)(OC)OC)cc1.CCC(CC(C)c1ccc(CC[Si](OC)(OC)OC)cc1)c1ccc(N(c2ccc(C)cc2)c2ccc(C)cc2)cc1. The maximum Gasteiger partial charge on any atom is 0.500 e. The van der Waals surface area contributed by atoms with E-state index < -0.39 is 17.6 Å². The van der Waals surface area contributed by atoms with Gasteiger partial charge in [-0.3, -0.25) is 0 Å². The van der Waals surface area contributed by atoms with Gasteiger partial charge in [-0.2, -0.15) is 0 Å². The van der Waals surface area contributed by atoms with Gasteiger partial charge in [-0.05, 0) is 116 Å². The summed E-state index contributed by atoms with van der Waals surface area (Å²) >= 11 is 0. The normalized spacial score (nSPS) is 12.6. The fourth-order valence-electron chi connectivity index (χ4n) is 7.37. The van der Waals surface area contributed by atoms with Gasteiger partial charge in [0.25, 0.3) is 0 Å². The first kappa shape index (κ1) is 47.5. The molecule has 0 radical (unpaired) electrons. The number of aryl methyl sites for hydroxylation is 4. The Morgan fingerprint density at radius 2 is 0.881 bits per heavy atom. The van der Waals surface area contributed by atoms with E-state index in [1.807, 2.05) is 6.08 Å². The second-order valence-corrected chi connectivity index (χ2v) is 21.3. The molecule has 2 unspecified atom stereocenters. The first-order valence-electron chi connectivity index (χ1n) is 20.6. The summed E-state index contributed by atoms with van der Waals surface area (Å²) in [7, 11) is 4.93. The van der Waals surface area contributed by atoms with Crippen molar-refractivity contribution < 1.29 is 26.6 Å². The second kappa shape index (κ2) is 23.6. The zero-order valence-electron chi connectivity index (χ0n) is 37.1. The Kier molecular flexibility index (Phi) is 19.0. The predicted molar refractivity (Wildman–Crippen MR) is 250 cm³/mol. The third kappa shape index (κ3) is 13.4. The van der Waals surface area contributed by atoms with Gasteiger partial charge < -0.3 is 31.5 Å². The van der Waals surface area contributed by atoms with Crippen molar-refractivity contribution in [3.05, 3.63) is 167 Å². The van der Waals surface area contributed by atoms with Crippen molar-refractivity contribution in [2.45, 2.75) is 77.3 Å². The highest BCUT2D eigenvalue weighted by Crippen LogP contribution is 2.37. The van der Waals surface area contributed by atoms with Crippen LogP contribution in [0.1, 0.15) is 77.5 Å². The topological polar surface area (TPSA) is 58.6 Å². The highest BCUT2D eigenvalue weighted by atomic mass is 28.4. The van der Waals surface area contributed by atoms with Crippen LogP contribution in [-0.2, 0) is 39.4 Å². The average molecular weight is 834 g/mol. The van der Waals surface area contributed by atoms with Crippen LogP contribution in [0, 0.1) is 13.8 Å². The van der Waals surface area contributed by atoms with Crippen molar-refractivity contribution in [2.75, 3.05) is 47.6 Å². The lowest BCUT2D eigenvalue weighted by Crippen LogP contribution is -2.43. The molecule has 0 aliphatic heterocycles. The summed E-state index contributed by atoms with van der Waals surface area (Å²) in [5, 5.41) is 0. The van der Waals surface area contributed by atoms with Crippen molar-refractivity contribution in [1.82, 2.24) is 0 Å². The summed E-state index contributed by atoms with van der Waals surface area (Å²) in [5.41, 5.74) is 12.5. The number of hydrogen-bond acceptors (Lipinski definition) is 7. The molecule has 0 saturated carbocycles. The Balaban J connectivity index is 0.000000378. The largest absolute Gasteiger partial charge is 0.500 e. The second-order valence-electron chi connectivity index (χ2n) is 15.1. The van der Waals surface area contributed by atoms with Crippen molar-refractivity contribution in [2.24, 2.45) is 0 Å². The standard InChI is InChI=1S/C37H47NO3Si.C13H20O3Si/c1-8-32(27-30(4)33-15-13-31(14-16-33)25-26-42(39-5,40-6)41-7)34-17-23-37(24-18-34)38(35-19-9-28(2)10-20-35)36-21-11-29(3)12-22-36;1-5-12-6-8-13(9-7-12)10-11-17(14-2,15-3)16-4/h9-24,30,32H,8,25-27H2,1-7H3;5-9H,1,10-11H2,2-4H3. The van der Waals surface area contributed by atoms with Gasteiger partial charge >= 0.3 is 17.6 Å². The van der Waals surface area contributed by atoms with Gasteiger partial charge in [-0.15, -0.1) is 0 Å². The van der Waals surface area contributed by atoms with Gasteiger partial charge in [-0.25, -0.2) is 0 Å². The van der Waals surface area contributed by atoms with Crippen molar-refractivity contribution in [3.63, 3.8) is 0 Å². The Bertz CT molecular complexity index is 1880. The Hall–Kier alpha value is -4.17. The minimum absolute atomic E-state index is 0.464. The number of hydrogen-bond donors (Lipinski definition) is 0. The Morgan fingerprint density at radius 1 is 0.525 bits per heavy atom. The van der Waals surface area contributed by atoms with E-state index in [0.717, 1.165) is 43.3 Å². The van der Waals surface area contributed by atoms with Crippen molar-refractivity contribution >= 4 is 40.7 Å². The molecule has 0 aliphatic rings. The van der Waals surface area contributed by atoms with E-state index in [0.29, 0.717) is 11.8 Å². The number of nitrogens with zero attached hydrogens (tertiary/aromatic N) is 1. The number of benzene rings is 5. The van der Waals surface area contributed by atoms with E-state index in [1.165, 1.54) is 50.4 Å². The van der Waals surface area contributed by atoms with E-state index in [1.54, 1.807) is 42.7 Å². The van der Waals surface area contributed by atoms with E-state index in [-0.39, 0.29) is 0 Å². The molecule has 9 heteroatoms. The molecule has 7 nitrogen and oxygen atoms in total. The summed E-state index contributed by atoms with van der Waals surface area (Å²) in [6, 6.07) is 45.6. The van der Waals surface area contributed by atoms with Gasteiger partial charge in [-0.1, -0.05) is 123 Å². The third-order valence-corrected chi connectivity index (χ3v) is 16.9. The summed E-state index contributed by atoms with van der Waals surface area (Å²) in [6.07, 6.45) is 5.82. The van der Waals surface area contributed by atoms with Crippen LogP contribution >= 0.6 is 0 Å². The number of anilines is 3. The highest BCUT2D eigenvalue weighted by Gasteiger charge is 2.38. The first-order chi connectivity index (χ1) is 28.5. The molecule has 5 rings (SSSR count). The van der Waals surface area contributed by atoms with E-state index in [9.17, 15) is 0 Å². The van der Waals surface area contributed by atoms with Crippen molar-refractivity contribution in [3.8, 4) is 0 Å². The monoisotopic (exact) mass is 833 g/mol. The van der Waals surface area contributed by atoms with Crippen LogP contribution < -0.4 is 4.90 Å². The summed E-state index contributed by atoms with van der Waals surface area (Å²) in [6.45, 7) is 12.6. The molecule has 2 atom stereocenters. The fourth-order valence-corrected chi connectivity index (χ4v) is 10.8. The molecular formula is C50H67NO6Si2. The molecule has 5 aromatic rings. The molecule has 0 aromatic heterocycles. The minimum Gasteiger partial charge on any atom is -0.377 e. The molecule has 59 heavy (non-hydrogen) atoms. The van der Waals surface area contributed by atoms with Gasteiger partial charge in [0.05, 0.1) is 0 Å². The molecule has 0 N–H and O–H groups in total. The number of rotatable bonds is 21. The van der Waals surface area contributed by atoms with E-state index in [4.69, 9.17) is 26.6 Å². The van der Waals surface area contributed by atoms with Crippen LogP contribution in [0.5, 0.6) is 0 Å². The van der Waals surface area contributed by atoms with Gasteiger partial charge in [0.1, 0.15) is 0 Å². The Labute approximate surface area is 357 Å². The molecule has 0 fully saturated rings. The maximum absolute atomic E-state index is 5.58. The molecule has 0 amide bonds. The van der Waals surface area contributed by atoms with Gasteiger partial charge in [0.2, 0.25) is 0 Å². The minimum atomic E-state index is -2.56. The lowest BCUT2D eigenvalue weighted by molar-refractivity contribution is 0.123. The molecule has 0 bridgehead atoms. The molecule has 5 aromatic carbocycles. The Morgan fingerprint density at radius 3 is 1.24 bits per heavy atom. The van der Waals surface area contributed by atoms with Crippen LogP contribution in [0.25, 0.3) is 6.08 Å². The lowest BCUT2D eigenvalue weighted by atomic mass is 9.84. The predicted octanol–water partition coefficient (Wildman–Crippen LogP) is 12.6. The third-order valence-electron chi connectivity index (χ3n) is 11.4. The highest BCUT2D eigenvalue weighted by molar-refractivity contribution is 6.60. The van der Waals surface area contributed by atoms with Crippen LogP contribution in [0.15, 0.2) is 128 Å². The molecule has 0 saturated heterocycles. The average Bonchev–Trinajstić information content (AvgIpc) is 3.29. The van der Waals surface area contributed by atoms with Gasteiger partial charge in [0.15, 0.2) is 0 Å². The summed E-state index contributed by atoms with van der Waals surface area (Å²) in [5.74, 6) is 0.961. The molecular weight excluding hydrogens is 767 g/mol. The zero-order valence-corrected chi connectivity index (χ0v) is 39.1. The molecule has 0 aliphatic carbocycles. The molecule has 316 valence electrons. The fraction of sp³-hybridized carbons (Fsp3) is 0.360. The van der Waals surface area contributed by atoms with Crippen LogP contribution in [0.4, 0.5) is 17.1 Å². The zero-order chi connectivity index (χ0) is 42.8. The van der Waals surface area contributed by atoms with Crippen LogP contribution in [0.2, 0.25) is 12.1 Å². The molecule has 0 spiro atoms. The lowest BCUT2D eigenvalue weighted by Gasteiger charge is -2.27. The van der Waals surface area contributed by atoms with E-state index in [2.05, 4.69) is 161 Å². The van der Waals surface area contributed by atoms with Crippen LogP contribution in [0.3, 0.4) is 0 Å². The van der Waals surface area contributed by atoms with Gasteiger partial charge in [0, 0.05) is 71.8 Å². The summed E-state index contributed by atoms with van der Waals surface area (Å²) in [4.78, 5) is 2.34. The maximum atomic E-state index is 5.58. The summed E-state index contributed by atoms with van der Waals surface area (Å²) < 4.78 is 32.9. The molecule has 0 heterocycles. The van der Waals surface area contributed by atoms with Crippen molar-refractivity contribution in [1.29, 1.82) is 0 Å². The first-order valence-corrected chi connectivity index (χ1v) is 24.5. The quantitative estimate of drug-likeness (QED) is 0.0683. The smallest absolute Gasteiger partial charge is 0.377 e. The van der Waals surface area contributed by atoms with Crippen LogP contribution in [-0.4, -0.2) is 60.3 Å².